The zero-order chi connectivity index (χ0) is 20.2. The standard InChI is InChI=1S/C19H23FN2O4S2/c1-14(22-28(24,25)17-6-3-11-27-17)18(23)21-13-19(7-9-26-10-8-19)15-4-2-5-16(20)12-15/h2-6,11-12,14,22H,7-10,13H2,1H3,(H,21,23). The fourth-order valence-electron chi connectivity index (χ4n) is 3.32. The highest BCUT2D eigenvalue weighted by molar-refractivity contribution is 7.91. The summed E-state index contributed by atoms with van der Waals surface area (Å²) < 4.78 is 46.3. The number of halogens is 1. The summed E-state index contributed by atoms with van der Waals surface area (Å²) >= 11 is 1.09. The summed E-state index contributed by atoms with van der Waals surface area (Å²) in [5.74, 6) is -0.755. The van der Waals surface area contributed by atoms with E-state index >= 15 is 0 Å². The van der Waals surface area contributed by atoms with Crippen molar-refractivity contribution in [1.82, 2.24) is 10.0 Å². The van der Waals surface area contributed by atoms with Crippen LogP contribution in [0.1, 0.15) is 25.3 Å². The summed E-state index contributed by atoms with van der Waals surface area (Å²) in [4.78, 5) is 12.5. The maximum Gasteiger partial charge on any atom is 0.250 e. The highest BCUT2D eigenvalue weighted by Gasteiger charge is 2.35. The molecule has 1 atom stereocenters. The van der Waals surface area contributed by atoms with Crippen LogP contribution in [0.25, 0.3) is 0 Å². The molecule has 6 nitrogen and oxygen atoms in total. The second-order valence-electron chi connectivity index (χ2n) is 6.90. The number of hydrogen-bond donors (Lipinski definition) is 2. The third kappa shape index (κ3) is 4.78. The minimum Gasteiger partial charge on any atom is -0.381 e. The van der Waals surface area contributed by atoms with Crippen molar-refractivity contribution in [3.05, 3.63) is 53.2 Å². The summed E-state index contributed by atoms with van der Waals surface area (Å²) in [5, 5.41) is 4.50. The average Bonchev–Trinajstić information content (AvgIpc) is 3.22. The number of sulfonamides is 1. The molecule has 1 aliphatic rings. The van der Waals surface area contributed by atoms with Gasteiger partial charge in [-0.15, -0.1) is 11.3 Å². The van der Waals surface area contributed by atoms with Crippen LogP contribution < -0.4 is 10.0 Å². The van der Waals surface area contributed by atoms with Crippen LogP contribution in [0.4, 0.5) is 4.39 Å². The Morgan fingerprint density at radius 3 is 2.68 bits per heavy atom. The molecule has 9 heteroatoms. The molecule has 2 aromatic rings. The van der Waals surface area contributed by atoms with E-state index < -0.39 is 27.4 Å². The van der Waals surface area contributed by atoms with E-state index in [-0.39, 0.29) is 16.6 Å². The molecule has 2 N–H and O–H groups in total. The van der Waals surface area contributed by atoms with Crippen LogP contribution in [0.15, 0.2) is 46.0 Å². The van der Waals surface area contributed by atoms with Crippen molar-refractivity contribution in [3.8, 4) is 0 Å². The monoisotopic (exact) mass is 426 g/mol. The predicted octanol–water partition coefficient (Wildman–Crippen LogP) is 2.42. The first-order chi connectivity index (χ1) is 13.3. The zero-order valence-electron chi connectivity index (χ0n) is 15.5. The summed E-state index contributed by atoms with van der Waals surface area (Å²) in [6.45, 7) is 2.82. The number of carbonyl (C=O) groups is 1. The van der Waals surface area contributed by atoms with E-state index in [4.69, 9.17) is 4.74 Å². The Balaban J connectivity index is 1.68. The molecule has 1 aromatic carbocycles. The van der Waals surface area contributed by atoms with E-state index in [9.17, 15) is 17.6 Å². The summed E-state index contributed by atoms with van der Waals surface area (Å²) in [6, 6.07) is 8.56. The first-order valence-electron chi connectivity index (χ1n) is 9.00. The van der Waals surface area contributed by atoms with E-state index in [2.05, 4.69) is 10.0 Å². The van der Waals surface area contributed by atoms with Gasteiger partial charge in [0.15, 0.2) is 0 Å². The number of benzene rings is 1. The number of amides is 1. The molecule has 28 heavy (non-hydrogen) atoms. The molecule has 0 aliphatic carbocycles. The molecule has 0 radical (unpaired) electrons. The largest absolute Gasteiger partial charge is 0.381 e. The zero-order valence-corrected chi connectivity index (χ0v) is 17.1. The van der Waals surface area contributed by atoms with Crippen LogP contribution in [0.5, 0.6) is 0 Å². The normalized spacial score (nSPS) is 17.8. The molecule has 0 saturated carbocycles. The number of nitrogens with one attached hydrogen (secondary N) is 2. The van der Waals surface area contributed by atoms with E-state index in [1.807, 2.05) is 6.07 Å². The molecule has 1 aromatic heterocycles. The Morgan fingerprint density at radius 2 is 2.04 bits per heavy atom. The lowest BCUT2D eigenvalue weighted by molar-refractivity contribution is -0.122. The Bertz CT molecular complexity index is 910. The van der Waals surface area contributed by atoms with Gasteiger partial charge in [0.2, 0.25) is 5.91 Å². The van der Waals surface area contributed by atoms with Gasteiger partial charge in [-0.05, 0) is 48.9 Å². The van der Waals surface area contributed by atoms with Crippen molar-refractivity contribution < 1.29 is 22.3 Å². The molecule has 1 saturated heterocycles. The molecule has 152 valence electrons. The SMILES string of the molecule is CC(NS(=O)(=O)c1cccs1)C(=O)NCC1(c2cccc(F)c2)CCOCC1. The maximum absolute atomic E-state index is 13.7. The fourth-order valence-corrected chi connectivity index (χ4v) is 5.53. The van der Waals surface area contributed by atoms with Gasteiger partial charge in [0.05, 0.1) is 6.04 Å². The van der Waals surface area contributed by atoms with Crippen molar-refractivity contribution in [1.29, 1.82) is 0 Å². The third-order valence-corrected chi connectivity index (χ3v) is 7.91. The van der Waals surface area contributed by atoms with Crippen molar-refractivity contribution in [2.75, 3.05) is 19.8 Å². The minimum atomic E-state index is -3.74. The van der Waals surface area contributed by atoms with Crippen molar-refractivity contribution in [2.45, 2.75) is 35.4 Å². The second-order valence-corrected chi connectivity index (χ2v) is 9.78. The van der Waals surface area contributed by atoms with Gasteiger partial charge in [-0.25, -0.2) is 12.8 Å². The van der Waals surface area contributed by atoms with Gasteiger partial charge < -0.3 is 10.1 Å². The summed E-state index contributed by atoms with van der Waals surface area (Å²) in [5.41, 5.74) is 0.366. The molecule has 1 unspecified atom stereocenters. The van der Waals surface area contributed by atoms with Gasteiger partial charge >= 0.3 is 0 Å². The highest BCUT2D eigenvalue weighted by atomic mass is 32.2. The number of hydrogen-bond acceptors (Lipinski definition) is 5. The van der Waals surface area contributed by atoms with Crippen LogP contribution in [0.3, 0.4) is 0 Å². The Labute approximate surface area is 168 Å². The van der Waals surface area contributed by atoms with E-state index in [0.29, 0.717) is 26.1 Å². The summed E-state index contributed by atoms with van der Waals surface area (Å²) in [7, 11) is -3.74. The molecule has 0 bridgehead atoms. The fraction of sp³-hybridized carbons (Fsp3) is 0.421. The first-order valence-corrected chi connectivity index (χ1v) is 11.4. The van der Waals surface area contributed by atoms with Crippen LogP contribution in [0, 0.1) is 5.82 Å². The quantitative estimate of drug-likeness (QED) is 0.712. The highest BCUT2D eigenvalue weighted by Crippen LogP contribution is 2.34. The second kappa shape index (κ2) is 8.69. The summed E-state index contributed by atoms with van der Waals surface area (Å²) in [6.07, 6.45) is 1.29. The smallest absolute Gasteiger partial charge is 0.250 e. The average molecular weight is 427 g/mol. The van der Waals surface area contributed by atoms with Gasteiger partial charge in [-0.3, -0.25) is 4.79 Å². The lowest BCUT2D eigenvalue weighted by Gasteiger charge is -2.38. The van der Waals surface area contributed by atoms with Crippen molar-refractivity contribution >= 4 is 27.3 Å². The van der Waals surface area contributed by atoms with E-state index in [0.717, 1.165) is 16.9 Å². The topological polar surface area (TPSA) is 84.5 Å². The number of carbonyl (C=O) groups excluding carboxylic acids is 1. The van der Waals surface area contributed by atoms with Gasteiger partial charge in [0.25, 0.3) is 10.0 Å². The Morgan fingerprint density at radius 1 is 1.29 bits per heavy atom. The molecule has 2 heterocycles. The molecular formula is C19H23FN2O4S2. The van der Waals surface area contributed by atoms with Gasteiger partial charge in [0, 0.05) is 25.2 Å². The van der Waals surface area contributed by atoms with Crippen LogP contribution in [-0.2, 0) is 25.0 Å². The minimum absolute atomic E-state index is 0.160. The third-order valence-electron chi connectivity index (χ3n) is 4.97. The maximum atomic E-state index is 13.7. The van der Waals surface area contributed by atoms with Crippen molar-refractivity contribution in [3.63, 3.8) is 0 Å². The lowest BCUT2D eigenvalue weighted by atomic mass is 9.74. The van der Waals surface area contributed by atoms with E-state index in [1.54, 1.807) is 17.5 Å². The lowest BCUT2D eigenvalue weighted by Crippen LogP contribution is -2.50. The molecule has 3 rings (SSSR count). The predicted molar refractivity (Wildman–Crippen MR) is 105 cm³/mol. The van der Waals surface area contributed by atoms with E-state index in [1.165, 1.54) is 25.1 Å². The molecular weight excluding hydrogens is 403 g/mol. The first kappa shape index (κ1) is 20.9. The molecule has 0 spiro atoms. The van der Waals surface area contributed by atoms with Crippen LogP contribution in [-0.4, -0.2) is 40.1 Å². The van der Waals surface area contributed by atoms with Gasteiger partial charge in [-0.1, -0.05) is 18.2 Å². The number of thiophene rings is 1. The molecule has 1 fully saturated rings. The van der Waals surface area contributed by atoms with Gasteiger partial charge in [0.1, 0.15) is 10.0 Å². The Hall–Kier alpha value is -1.81. The van der Waals surface area contributed by atoms with Gasteiger partial charge in [-0.2, -0.15) is 4.72 Å². The van der Waals surface area contributed by atoms with Crippen molar-refractivity contribution in [2.24, 2.45) is 0 Å². The van der Waals surface area contributed by atoms with Crippen LogP contribution in [0.2, 0.25) is 0 Å². The molecule has 1 amide bonds. The number of ether oxygens (including phenoxy) is 1. The number of rotatable bonds is 7. The van der Waals surface area contributed by atoms with Crippen LogP contribution >= 0.6 is 11.3 Å². The molecule has 1 aliphatic heterocycles. The Kier molecular flexibility index (Phi) is 6.49.